The van der Waals surface area contributed by atoms with Gasteiger partial charge in [0.1, 0.15) is 18.1 Å². The van der Waals surface area contributed by atoms with E-state index < -0.39 is 0 Å². The van der Waals surface area contributed by atoms with E-state index in [9.17, 15) is 4.79 Å². The van der Waals surface area contributed by atoms with Gasteiger partial charge in [-0.25, -0.2) is 0 Å². The maximum atomic E-state index is 12.6. The summed E-state index contributed by atoms with van der Waals surface area (Å²) in [5.41, 5.74) is 1.18. The van der Waals surface area contributed by atoms with Gasteiger partial charge in [-0.2, -0.15) is 0 Å². The molecule has 0 unspecified atom stereocenters. The molecule has 1 amide bonds. The first-order valence-electron chi connectivity index (χ1n) is 8.59. The van der Waals surface area contributed by atoms with Gasteiger partial charge in [0.05, 0.1) is 6.04 Å². The number of carbonyl (C=O) groups is 1. The minimum absolute atomic E-state index is 0.0223. The molecule has 1 aliphatic heterocycles. The molecule has 5 heteroatoms. The maximum absolute atomic E-state index is 12.6. The fraction of sp³-hybridized carbons (Fsp3) is 0.190. The van der Waals surface area contributed by atoms with Crippen molar-refractivity contribution in [1.29, 1.82) is 0 Å². The van der Waals surface area contributed by atoms with Crippen molar-refractivity contribution in [1.82, 2.24) is 5.32 Å². The molecule has 0 fully saturated rings. The van der Waals surface area contributed by atoms with Crippen LogP contribution in [-0.2, 0) is 6.61 Å². The van der Waals surface area contributed by atoms with E-state index in [2.05, 4.69) is 17.4 Å². The van der Waals surface area contributed by atoms with Crippen molar-refractivity contribution in [2.75, 3.05) is 5.75 Å². The van der Waals surface area contributed by atoms with Crippen LogP contribution in [0, 0.1) is 0 Å². The number of furan rings is 1. The quantitative estimate of drug-likeness (QED) is 0.704. The third-order valence-corrected chi connectivity index (χ3v) is 5.40. The average Bonchev–Trinajstić information content (AvgIpc) is 3.17. The van der Waals surface area contributed by atoms with Crippen LogP contribution < -0.4 is 10.1 Å². The number of rotatable bonds is 5. The molecule has 0 radical (unpaired) electrons. The number of hydrogen-bond donors (Lipinski definition) is 1. The summed E-state index contributed by atoms with van der Waals surface area (Å²) in [6.45, 7) is 0.292. The fourth-order valence-electron chi connectivity index (χ4n) is 2.97. The van der Waals surface area contributed by atoms with Crippen LogP contribution in [0.4, 0.5) is 0 Å². The minimum Gasteiger partial charge on any atom is -0.486 e. The Morgan fingerprint density at radius 2 is 1.88 bits per heavy atom. The first kappa shape index (κ1) is 16.8. The Balaban J connectivity index is 1.39. The summed E-state index contributed by atoms with van der Waals surface area (Å²) in [6, 6.07) is 21.2. The lowest BCUT2D eigenvalue weighted by atomic mass is 10.0. The second-order valence-corrected chi connectivity index (χ2v) is 7.21. The second-order valence-electron chi connectivity index (χ2n) is 6.07. The Morgan fingerprint density at radius 3 is 2.77 bits per heavy atom. The SMILES string of the molecule is O=C(N[C@H]1CCSc2ccccc21)c1ccc(COc2ccccc2)o1. The maximum Gasteiger partial charge on any atom is 0.287 e. The molecule has 1 N–H and O–H groups in total. The van der Waals surface area contributed by atoms with Gasteiger partial charge < -0.3 is 14.5 Å². The summed E-state index contributed by atoms with van der Waals surface area (Å²) in [7, 11) is 0. The molecule has 0 spiro atoms. The van der Waals surface area contributed by atoms with Crippen LogP contribution in [0.5, 0.6) is 5.75 Å². The van der Waals surface area contributed by atoms with Crippen molar-refractivity contribution in [3.05, 3.63) is 83.8 Å². The fourth-order valence-corrected chi connectivity index (χ4v) is 4.10. The largest absolute Gasteiger partial charge is 0.486 e. The van der Waals surface area contributed by atoms with Gasteiger partial charge in [-0.3, -0.25) is 4.79 Å². The number of nitrogens with one attached hydrogen (secondary N) is 1. The van der Waals surface area contributed by atoms with Crippen LogP contribution in [-0.4, -0.2) is 11.7 Å². The molecule has 1 aromatic heterocycles. The first-order chi connectivity index (χ1) is 12.8. The predicted octanol–water partition coefficient (Wildman–Crippen LogP) is 4.83. The Labute approximate surface area is 156 Å². The highest BCUT2D eigenvalue weighted by Crippen LogP contribution is 2.35. The van der Waals surface area contributed by atoms with Gasteiger partial charge in [-0.1, -0.05) is 36.4 Å². The van der Waals surface area contributed by atoms with Crippen LogP contribution >= 0.6 is 11.8 Å². The number of benzene rings is 2. The van der Waals surface area contributed by atoms with E-state index in [1.54, 1.807) is 12.1 Å². The van der Waals surface area contributed by atoms with Gasteiger partial charge in [0.25, 0.3) is 5.91 Å². The van der Waals surface area contributed by atoms with Crippen LogP contribution in [0.25, 0.3) is 0 Å². The molecule has 3 aromatic rings. The number of carbonyl (C=O) groups excluding carboxylic acids is 1. The summed E-state index contributed by atoms with van der Waals surface area (Å²) >= 11 is 1.83. The zero-order valence-corrected chi connectivity index (χ0v) is 15.0. The topological polar surface area (TPSA) is 51.5 Å². The molecule has 26 heavy (non-hydrogen) atoms. The predicted molar refractivity (Wildman–Crippen MR) is 101 cm³/mol. The van der Waals surface area contributed by atoms with Crippen LogP contribution in [0.3, 0.4) is 0 Å². The molecule has 2 heterocycles. The lowest BCUT2D eigenvalue weighted by Crippen LogP contribution is -2.30. The van der Waals surface area contributed by atoms with Crippen LogP contribution in [0.2, 0.25) is 0 Å². The Kier molecular flexibility index (Phi) is 4.97. The summed E-state index contributed by atoms with van der Waals surface area (Å²) < 4.78 is 11.3. The summed E-state index contributed by atoms with van der Waals surface area (Å²) in [5, 5.41) is 3.09. The van der Waals surface area contributed by atoms with E-state index in [1.807, 2.05) is 54.2 Å². The lowest BCUT2D eigenvalue weighted by Gasteiger charge is -2.25. The van der Waals surface area contributed by atoms with Crippen molar-refractivity contribution in [2.45, 2.75) is 24.0 Å². The molecule has 4 rings (SSSR count). The molecular weight excluding hydrogens is 346 g/mol. The number of thioether (sulfide) groups is 1. The highest BCUT2D eigenvalue weighted by Gasteiger charge is 2.23. The van der Waals surface area contributed by atoms with E-state index >= 15 is 0 Å². The summed E-state index contributed by atoms with van der Waals surface area (Å²) in [5.74, 6) is 2.51. The zero-order valence-electron chi connectivity index (χ0n) is 14.2. The molecule has 0 saturated carbocycles. The Hall–Kier alpha value is -2.66. The third kappa shape index (κ3) is 3.78. The monoisotopic (exact) mass is 365 g/mol. The number of ether oxygens (including phenoxy) is 1. The normalized spacial score (nSPS) is 15.9. The third-order valence-electron chi connectivity index (χ3n) is 4.27. The van der Waals surface area contributed by atoms with Crippen molar-refractivity contribution in [3.8, 4) is 5.75 Å². The molecular formula is C21H19NO3S. The molecule has 2 aromatic carbocycles. The molecule has 1 atom stereocenters. The summed E-state index contributed by atoms with van der Waals surface area (Å²) in [4.78, 5) is 13.8. The Morgan fingerprint density at radius 1 is 1.08 bits per heavy atom. The molecule has 1 aliphatic rings. The zero-order chi connectivity index (χ0) is 17.8. The van der Waals surface area contributed by atoms with E-state index in [0.717, 1.165) is 17.9 Å². The van der Waals surface area contributed by atoms with Gasteiger partial charge >= 0.3 is 0 Å². The number of fused-ring (bicyclic) bond motifs is 1. The highest BCUT2D eigenvalue weighted by atomic mass is 32.2. The van der Waals surface area contributed by atoms with E-state index in [-0.39, 0.29) is 11.9 Å². The molecule has 0 saturated heterocycles. The first-order valence-corrected chi connectivity index (χ1v) is 9.57. The van der Waals surface area contributed by atoms with Crippen molar-refractivity contribution >= 4 is 17.7 Å². The standard InChI is InChI=1S/C21H19NO3S/c23-21(22-18-12-13-26-20-9-5-4-8-17(18)20)19-11-10-16(25-19)14-24-15-6-2-1-3-7-15/h1-11,18H,12-14H2,(H,22,23)/t18-/m0/s1. The van der Waals surface area contributed by atoms with Crippen molar-refractivity contribution < 1.29 is 13.9 Å². The second kappa shape index (κ2) is 7.70. The number of para-hydroxylation sites is 1. The van der Waals surface area contributed by atoms with Gasteiger partial charge in [-0.05, 0) is 42.3 Å². The minimum atomic E-state index is -0.192. The van der Waals surface area contributed by atoms with Gasteiger partial charge in [0.2, 0.25) is 0 Å². The highest BCUT2D eigenvalue weighted by molar-refractivity contribution is 7.99. The van der Waals surface area contributed by atoms with Gasteiger partial charge in [-0.15, -0.1) is 11.8 Å². The lowest BCUT2D eigenvalue weighted by molar-refractivity contribution is 0.0902. The van der Waals surface area contributed by atoms with E-state index in [4.69, 9.17) is 9.15 Å². The number of amides is 1. The van der Waals surface area contributed by atoms with Gasteiger partial charge in [0, 0.05) is 10.6 Å². The smallest absolute Gasteiger partial charge is 0.287 e. The molecule has 0 aliphatic carbocycles. The molecule has 0 bridgehead atoms. The van der Waals surface area contributed by atoms with E-state index in [1.165, 1.54) is 10.5 Å². The molecule has 132 valence electrons. The van der Waals surface area contributed by atoms with Gasteiger partial charge in [0.15, 0.2) is 5.76 Å². The summed E-state index contributed by atoms with van der Waals surface area (Å²) in [6.07, 6.45) is 0.915. The van der Waals surface area contributed by atoms with Crippen molar-refractivity contribution in [2.24, 2.45) is 0 Å². The average molecular weight is 365 g/mol. The van der Waals surface area contributed by atoms with E-state index in [0.29, 0.717) is 18.1 Å². The van der Waals surface area contributed by atoms with Crippen molar-refractivity contribution in [3.63, 3.8) is 0 Å². The molecule has 4 nitrogen and oxygen atoms in total. The van der Waals surface area contributed by atoms with Crippen LogP contribution in [0.1, 0.15) is 34.3 Å². The van der Waals surface area contributed by atoms with Crippen LogP contribution in [0.15, 0.2) is 76.0 Å². The Bertz CT molecular complexity index is 891. The number of hydrogen-bond acceptors (Lipinski definition) is 4.